The van der Waals surface area contributed by atoms with Gasteiger partial charge in [0.15, 0.2) is 0 Å². The van der Waals surface area contributed by atoms with E-state index in [0.717, 1.165) is 25.0 Å². The van der Waals surface area contributed by atoms with Gasteiger partial charge in [0.2, 0.25) is 0 Å². The third-order valence-electron chi connectivity index (χ3n) is 3.48. The van der Waals surface area contributed by atoms with E-state index in [9.17, 15) is 13.6 Å². The zero-order chi connectivity index (χ0) is 14.0. The Morgan fingerprint density at radius 2 is 2.05 bits per heavy atom. The summed E-state index contributed by atoms with van der Waals surface area (Å²) in [5.41, 5.74) is -0.437. The molecule has 1 amide bonds. The van der Waals surface area contributed by atoms with Crippen molar-refractivity contribution in [3.63, 3.8) is 0 Å². The first-order valence-electron chi connectivity index (χ1n) is 6.01. The number of amides is 1. The van der Waals surface area contributed by atoms with Gasteiger partial charge in [-0.05, 0) is 36.8 Å². The summed E-state index contributed by atoms with van der Waals surface area (Å²) in [6.45, 7) is 0.413. The second-order valence-corrected chi connectivity index (χ2v) is 5.31. The second-order valence-electron chi connectivity index (χ2n) is 4.90. The molecule has 1 aliphatic rings. The van der Waals surface area contributed by atoms with Crippen molar-refractivity contribution in [1.29, 1.82) is 0 Å². The van der Waals surface area contributed by atoms with Crippen LogP contribution in [0.1, 0.15) is 29.6 Å². The van der Waals surface area contributed by atoms with Crippen molar-refractivity contribution in [3.05, 3.63) is 34.4 Å². The molecule has 2 rings (SSSR count). The van der Waals surface area contributed by atoms with Crippen molar-refractivity contribution in [2.45, 2.75) is 19.3 Å². The Morgan fingerprint density at radius 1 is 1.37 bits per heavy atom. The summed E-state index contributed by atoms with van der Waals surface area (Å²) in [4.78, 5) is 11.8. The Kier molecular flexibility index (Phi) is 4.06. The standard InChI is InChI=1S/C13H14ClF2NO2/c14-9-6-10(15)8(5-11(9)16)12(19)17-7-13(1-2-13)3-4-18/h5-6,18H,1-4,7H2,(H,17,19). The van der Waals surface area contributed by atoms with Gasteiger partial charge in [0.25, 0.3) is 5.91 Å². The Hall–Kier alpha value is -1.20. The van der Waals surface area contributed by atoms with E-state index >= 15 is 0 Å². The molecule has 1 saturated carbocycles. The van der Waals surface area contributed by atoms with Crippen molar-refractivity contribution >= 4 is 17.5 Å². The van der Waals surface area contributed by atoms with Crippen LogP contribution < -0.4 is 5.32 Å². The molecule has 0 spiro atoms. The molecule has 0 radical (unpaired) electrons. The zero-order valence-corrected chi connectivity index (χ0v) is 10.9. The largest absolute Gasteiger partial charge is 0.396 e. The van der Waals surface area contributed by atoms with Gasteiger partial charge in [0.1, 0.15) is 11.6 Å². The highest BCUT2D eigenvalue weighted by Crippen LogP contribution is 2.47. The van der Waals surface area contributed by atoms with Crippen LogP contribution in [-0.2, 0) is 0 Å². The van der Waals surface area contributed by atoms with Gasteiger partial charge in [0, 0.05) is 13.2 Å². The number of carbonyl (C=O) groups excluding carboxylic acids is 1. The smallest absolute Gasteiger partial charge is 0.254 e. The molecule has 104 valence electrons. The highest BCUT2D eigenvalue weighted by molar-refractivity contribution is 6.30. The molecule has 1 fully saturated rings. The first-order valence-corrected chi connectivity index (χ1v) is 6.39. The van der Waals surface area contributed by atoms with E-state index in [1.807, 2.05) is 0 Å². The molecule has 0 saturated heterocycles. The summed E-state index contributed by atoms with van der Waals surface area (Å²) in [5, 5.41) is 11.1. The van der Waals surface area contributed by atoms with Crippen molar-refractivity contribution < 1.29 is 18.7 Å². The van der Waals surface area contributed by atoms with Crippen LogP contribution in [-0.4, -0.2) is 24.2 Å². The van der Waals surface area contributed by atoms with Crippen LogP contribution >= 0.6 is 11.6 Å². The molecule has 2 N–H and O–H groups in total. The normalized spacial score (nSPS) is 16.2. The fourth-order valence-corrected chi connectivity index (χ4v) is 2.14. The van der Waals surface area contributed by atoms with Gasteiger partial charge in [-0.25, -0.2) is 8.78 Å². The highest BCUT2D eigenvalue weighted by atomic mass is 35.5. The van der Waals surface area contributed by atoms with E-state index in [0.29, 0.717) is 13.0 Å². The third kappa shape index (κ3) is 3.22. The van der Waals surface area contributed by atoms with Gasteiger partial charge in [-0.3, -0.25) is 4.79 Å². The predicted octanol–water partition coefficient (Wildman–Crippen LogP) is 2.51. The molecule has 1 aliphatic carbocycles. The maximum Gasteiger partial charge on any atom is 0.254 e. The lowest BCUT2D eigenvalue weighted by Gasteiger charge is -2.14. The van der Waals surface area contributed by atoms with Crippen LogP contribution in [0.5, 0.6) is 0 Å². The molecular formula is C13H14ClF2NO2. The first-order chi connectivity index (χ1) is 8.97. The number of aliphatic hydroxyl groups is 1. The van der Waals surface area contributed by atoms with Crippen molar-refractivity contribution in [2.75, 3.05) is 13.2 Å². The Morgan fingerprint density at radius 3 is 2.63 bits per heavy atom. The summed E-state index contributed by atoms with van der Waals surface area (Å²) in [5.74, 6) is -2.35. The first kappa shape index (κ1) is 14.2. The minimum absolute atomic E-state index is 0.0554. The monoisotopic (exact) mass is 289 g/mol. The fraction of sp³-hybridized carbons (Fsp3) is 0.462. The number of carbonyl (C=O) groups is 1. The van der Waals surface area contributed by atoms with E-state index in [-0.39, 0.29) is 22.6 Å². The Bertz CT molecular complexity index is 504. The van der Waals surface area contributed by atoms with Gasteiger partial charge in [0.05, 0.1) is 10.6 Å². The SMILES string of the molecule is O=C(NCC1(CCO)CC1)c1cc(F)c(Cl)cc1F. The molecule has 3 nitrogen and oxygen atoms in total. The van der Waals surface area contributed by atoms with Gasteiger partial charge >= 0.3 is 0 Å². The maximum absolute atomic E-state index is 13.5. The van der Waals surface area contributed by atoms with E-state index in [1.165, 1.54) is 0 Å². The summed E-state index contributed by atoms with van der Waals surface area (Å²) < 4.78 is 26.7. The highest BCUT2D eigenvalue weighted by Gasteiger charge is 2.42. The van der Waals surface area contributed by atoms with Gasteiger partial charge in [-0.15, -0.1) is 0 Å². The number of benzene rings is 1. The average molecular weight is 290 g/mol. The lowest BCUT2D eigenvalue weighted by Crippen LogP contribution is -2.31. The van der Waals surface area contributed by atoms with Gasteiger partial charge in [-0.1, -0.05) is 11.6 Å². The van der Waals surface area contributed by atoms with Crippen LogP contribution in [0.15, 0.2) is 12.1 Å². The summed E-state index contributed by atoms with van der Waals surface area (Å²) in [6.07, 6.45) is 2.45. The quantitative estimate of drug-likeness (QED) is 0.818. The van der Waals surface area contributed by atoms with Crippen LogP contribution in [0.2, 0.25) is 5.02 Å². The predicted molar refractivity (Wildman–Crippen MR) is 67.1 cm³/mol. The lowest BCUT2D eigenvalue weighted by atomic mass is 10.0. The van der Waals surface area contributed by atoms with Crippen LogP contribution in [0, 0.1) is 17.0 Å². The van der Waals surface area contributed by atoms with E-state index in [2.05, 4.69) is 5.32 Å². The molecule has 0 aliphatic heterocycles. The van der Waals surface area contributed by atoms with Crippen LogP contribution in [0.4, 0.5) is 8.78 Å². The molecule has 0 heterocycles. The zero-order valence-electron chi connectivity index (χ0n) is 10.2. The van der Waals surface area contributed by atoms with E-state index in [1.54, 1.807) is 0 Å². The molecule has 19 heavy (non-hydrogen) atoms. The number of hydrogen-bond donors (Lipinski definition) is 2. The molecule has 0 aromatic heterocycles. The Labute approximate surface area is 114 Å². The maximum atomic E-state index is 13.5. The minimum atomic E-state index is -0.851. The second kappa shape index (κ2) is 5.43. The minimum Gasteiger partial charge on any atom is -0.396 e. The number of hydrogen-bond acceptors (Lipinski definition) is 2. The molecule has 6 heteroatoms. The summed E-state index contributed by atoms with van der Waals surface area (Å²) >= 11 is 5.42. The van der Waals surface area contributed by atoms with Crippen molar-refractivity contribution in [2.24, 2.45) is 5.41 Å². The number of halogens is 3. The molecule has 1 aromatic carbocycles. The van der Waals surface area contributed by atoms with Gasteiger partial charge < -0.3 is 10.4 Å². The molecule has 0 bridgehead atoms. The lowest BCUT2D eigenvalue weighted by molar-refractivity contribution is 0.0936. The summed E-state index contributed by atoms with van der Waals surface area (Å²) in [6, 6.07) is 1.57. The summed E-state index contributed by atoms with van der Waals surface area (Å²) in [7, 11) is 0. The topological polar surface area (TPSA) is 49.3 Å². The average Bonchev–Trinajstić information content (AvgIpc) is 3.12. The fourth-order valence-electron chi connectivity index (χ4n) is 1.99. The molecular weight excluding hydrogens is 276 g/mol. The number of aliphatic hydroxyl groups excluding tert-OH is 1. The molecule has 0 atom stereocenters. The number of rotatable bonds is 5. The Balaban J connectivity index is 2.02. The van der Waals surface area contributed by atoms with E-state index in [4.69, 9.17) is 16.7 Å². The number of nitrogens with one attached hydrogen (secondary N) is 1. The van der Waals surface area contributed by atoms with Crippen molar-refractivity contribution in [1.82, 2.24) is 5.32 Å². The van der Waals surface area contributed by atoms with Gasteiger partial charge in [-0.2, -0.15) is 0 Å². The van der Waals surface area contributed by atoms with Crippen LogP contribution in [0.25, 0.3) is 0 Å². The van der Waals surface area contributed by atoms with Crippen LogP contribution in [0.3, 0.4) is 0 Å². The molecule has 1 aromatic rings. The third-order valence-corrected chi connectivity index (χ3v) is 3.77. The molecule has 0 unspecified atom stereocenters. The van der Waals surface area contributed by atoms with Crippen molar-refractivity contribution in [3.8, 4) is 0 Å². The van der Waals surface area contributed by atoms with E-state index < -0.39 is 17.5 Å².